The van der Waals surface area contributed by atoms with Gasteiger partial charge in [0, 0.05) is 31.2 Å². The highest BCUT2D eigenvalue weighted by Gasteiger charge is 2.27. The van der Waals surface area contributed by atoms with Gasteiger partial charge < -0.3 is 20.3 Å². The van der Waals surface area contributed by atoms with Crippen LogP contribution in [-0.2, 0) is 14.3 Å². The lowest BCUT2D eigenvalue weighted by atomic mass is 9.96. The number of carbonyl (C=O) groups excluding carboxylic acids is 3. The van der Waals surface area contributed by atoms with Crippen molar-refractivity contribution in [2.45, 2.75) is 19.3 Å². The number of nitrogens with zero attached hydrogens (tertiary/aromatic N) is 1. The van der Waals surface area contributed by atoms with E-state index in [2.05, 4.69) is 15.4 Å². The van der Waals surface area contributed by atoms with Crippen LogP contribution in [0.15, 0.2) is 30.3 Å². The summed E-state index contributed by atoms with van der Waals surface area (Å²) in [7, 11) is 1.32. The van der Waals surface area contributed by atoms with Gasteiger partial charge in [0.15, 0.2) is 0 Å². The van der Waals surface area contributed by atoms with Gasteiger partial charge in [0.05, 0.1) is 13.5 Å². The standard InChI is InChI=1S/C17H23N3O4/c1-24-15(21)7-10-18-16(22)13-8-11-20(12-9-13)17(23)19-14-5-3-2-4-6-14/h2-6,13H,7-12H2,1H3,(H,18,22)(H,19,23). The molecule has 2 N–H and O–H groups in total. The monoisotopic (exact) mass is 333 g/mol. The summed E-state index contributed by atoms with van der Waals surface area (Å²) in [6.07, 6.45) is 1.40. The third-order valence-electron chi connectivity index (χ3n) is 4.03. The van der Waals surface area contributed by atoms with E-state index in [4.69, 9.17) is 0 Å². The van der Waals surface area contributed by atoms with Crippen LogP contribution >= 0.6 is 0 Å². The molecule has 7 heteroatoms. The minimum Gasteiger partial charge on any atom is -0.469 e. The van der Waals surface area contributed by atoms with Crippen molar-refractivity contribution in [3.8, 4) is 0 Å². The van der Waals surface area contributed by atoms with Gasteiger partial charge in [-0.1, -0.05) is 18.2 Å². The van der Waals surface area contributed by atoms with Crippen LogP contribution in [0.2, 0.25) is 0 Å². The molecule has 1 saturated heterocycles. The second-order valence-electron chi connectivity index (χ2n) is 5.67. The molecular weight excluding hydrogens is 310 g/mol. The Balaban J connectivity index is 1.71. The Kier molecular flexibility index (Phi) is 6.60. The first-order valence-corrected chi connectivity index (χ1v) is 8.05. The van der Waals surface area contributed by atoms with Gasteiger partial charge in [0.1, 0.15) is 0 Å². The number of esters is 1. The van der Waals surface area contributed by atoms with Crippen molar-refractivity contribution >= 4 is 23.6 Å². The van der Waals surface area contributed by atoms with E-state index in [9.17, 15) is 14.4 Å². The zero-order valence-corrected chi connectivity index (χ0v) is 13.8. The zero-order valence-electron chi connectivity index (χ0n) is 13.8. The van der Waals surface area contributed by atoms with E-state index in [1.165, 1.54) is 7.11 Å². The molecule has 1 aromatic carbocycles. The Morgan fingerprint density at radius 3 is 2.46 bits per heavy atom. The van der Waals surface area contributed by atoms with Crippen LogP contribution in [0.1, 0.15) is 19.3 Å². The summed E-state index contributed by atoms with van der Waals surface area (Å²) in [5.41, 5.74) is 0.755. The highest BCUT2D eigenvalue weighted by atomic mass is 16.5. The lowest BCUT2D eigenvalue weighted by molar-refractivity contribution is -0.140. The van der Waals surface area contributed by atoms with Gasteiger partial charge in [-0.2, -0.15) is 0 Å². The zero-order chi connectivity index (χ0) is 17.4. The second kappa shape index (κ2) is 8.90. The number of hydrogen-bond donors (Lipinski definition) is 2. The predicted molar refractivity (Wildman–Crippen MR) is 89.4 cm³/mol. The first-order chi connectivity index (χ1) is 11.6. The number of amides is 3. The molecule has 3 amide bonds. The molecule has 24 heavy (non-hydrogen) atoms. The van der Waals surface area contributed by atoms with Crippen LogP contribution in [0.3, 0.4) is 0 Å². The van der Waals surface area contributed by atoms with Gasteiger partial charge >= 0.3 is 12.0 Å². The Morgan fingerprint density at radius 1 is 1.17 bits per heavy atom. The number of carbonyl (C=O) groups is 3. The highest BCUT2D eigenvalue weighted by Crippen LogP contribution is 2.18. The van der Waals surface area contributed by atoms with Gasteiger partial charge in [0.25, 0.3) is 0 Å². The highest BCUT2D eigenvalue weighted by molar-refractivity contribution is 5.89. The molecule has 0 atom stereocenters. The summed E-state index contributed by atoms with van der Waals surface area (Å²) < 4.78 is 4.53. The number of benzene rings is 1. The van der Waals surface area contributed by atoms with Gasteiger partial charge in [-0.15, -0.1) is 0 Å². The molecule has 1 fully saturated rings. The summed E-state index contributed by atoms with van der Waals surface area (Å²) in [4.78, 5) is 37.0. The van der Waals surface area contributed by atoms with Crippen molar-refractivity contribution < 1.29 is 19.1 Å². The summed E-state index contributed by atoms with van der Waals surface area (Å²) >= 11 is 0. The summed E-state index contributed by atoms with van der Waals surface area (Å²) in [5.74, 6) is -0.534. The average Bonchev–Trinajstić information content (AvgIpc) is 2.62. The minimum absolute atomic E-state index is 0.0676. The largest absolute Gasteiger partial charge is 0.469 e. The number of nitrogens with one attached hydrogen (secondary N) is 2. The quantitative estimate of drug-likeness (QED) is 0.801. The number of urea groups is 1. The number of methoxy groups -OCH3 is 1. The number of rotatable bonds is 5. The predicted octanol–water partition coefficient (Wildman–Crippen LogP) is 1.61. The second-order valence-corrected chi connectivity index (χ2v) is 5.67. The Labute approximate surface area is 141 Å². The van der Waals surface area contributed by atoms with Crippen LogP contribution in [0.4, 0.5) is 10.5 Å². The fourth-order valence-corrected chi connectivity index (χ4v) is 2.60. The van der Waals surface area contributed by atoms with Gasteiger partial charge in [0.2, 0.25) is 5.91 Å². The van der Waals surface area contributed by atoms with Gasteiger partial charge in [-0.25, -0.2) is 4.79 Å². The van der Waals surface area contributed by atoms with Crippen LogP contribution in [-0.4, -0.2) is 49.6 Å². The van der Waals surface area contributed by atoms with E-state index in [0.29, 0.717) is 25.9 Å². The van der Waals surface area contributed by atoms with Crippen molar-refractivity contribution in [3.05, 3.63) is 30.3 Å². The molecule has 1 aromatic rings. The third-order valence-corrected chi connectivity index (χ3v) is 4.03. The van der Waals surface area contributed by atoms with Crippen molar-refractivity contribution in [2.75, 3.05) is 32.1 Å². The van der Waals surface area contributed by atoms with E-state index in [1.54, 1.807) is 4.90 Å². The first-order valence-electron chi connectivity index (χ1n) is 8.05. The number of para-hydroxylation sites is 1. The maximum atomic E-state index is 12.2. The lowest BCUT2D eigenvalue weighted by Crippen LogP contribution is -2.44. The van der Waals surface area contributed by atoms with Crippen LogP contribution in [0.25, 0.3) is 0 Å². The van der Waals surface area contributed by atoms with Crippen molar-refractivity contribution in [1.82, 2.24) is 10.2 Å². The van der Waals surface area contributed by atoms with Crippen molar-refractivity contribution in [2.24, 2.45) is 5.92 Å². The topological polar surface area (TPSA) is 87.7 Å². The summed E-state index contributed by atoms with van der Waals surface area (Å²) in [5, 5.41) is 5.59. The molecule has 1 heterocycles. The molecule has 1 aliphatic rings. The molecule has 0 spiro atoms. The summed E-state index contributed by atoms with van der Waals surface area (Å²) in [6, 6.07) is 9.13. The van der Waals surface area contributed by atoms with Gasteiger partial charge in [-0.3, -0.25) is 9.59 Å². The lowest BCUT2D eigenvalue weighted by Gasteiger charge is -2.31. The van der Waals surface area contributed by atoms with Crippen LogP contribution in [0.5, 0.6) is 0 Å². The molecule has 0 radical (unpaired) electrons. The molecule has 0 aliphatic carbocycles. The molecule has 0 unspecified atom stereocenters. The normalized spacial score (nSPS) is 14.8. The van der Waals surface area contributed by atoms with Crippen LogP contribution < -0.4 is 10.6 Å². The maximum Gasteiger partial charge on any atom is 0.321 e. The van der Waals surface area contributed by atoms with E-state index >= 15 is 0 Å². The van der Waals surface area contributed by atoms with E-state index in [-0.39, 0.29) is 36.8 Å². The molecule has 1 aliphatic heterocycles. The van der Waals surface area contributed by atoms with Crippen LogP contribution in [0, 0.1) is 5.92 Å². The Morgan fingerprint density at radius 2 is 1.83 bits per heavy atom. The number of anilines is 1. The molecular formula is C17H23N3O4. The Hall–Kier alpha value is -2.57. The van der Waals surface area contributed by atoms with Crippen molar-refractivity contribution in [1.29, 1.82) is 0 Å². The fraction of sp³-hybridized carbons (Fsp3) is 0.471. The molecule has 0 aromatic heterocycles. The number of likely N-dealkylation sites (tertiary alicyclic amines) is 1. The third kappa shape index (κ3) is 5.26. The van der Waals surface area contributed by atoms with E-state index in [1.807, 2.05) is 30.3 Å². The first kappa shape index (κ1) is 17.8. The fourth-order valence-electron chi connectivity index (χ4n) is 2.60. The molecule has 0 bridgehead atoms. The van der Waals surface area contributed by atoms with Crippen molar-refractivity contribution in [3.63, 3.8) is 0 Å². The summed E-state index contributed by atoms with van der Waals surface area (Å²) in [6.45, 7) is 1.35. The van der Waals surface area contributed by atoms with E-state index in [0.717, 1.165) is 5.69 Å². The minimum atomic E-state index is -0.345. The number of piperidine rings is 1. The average molecular weight is 333 g/mol. The van der Waals surface area contributed by atoms with E-state index < -0.39 is 0 Å². The molecule has 2 rings (SSSR count). The van der Waals surface area contributed by atoms with Gasteiger partial charge in [-0.05, 0) is 25.0 Å². The SMILES string of the molecule is COC(=O)CCNC(=O)C1CCN(C(=O)Nc2ccccc2)CC1. The number of hydrogen-bond acceptors (Lipinski definition) is 4. The maximum absolute atomic E-state index is 12.2. The Bertz CT molecular complexity index is 568. The number of ether oxygens (including phenoxy) is 1. The molecule has 7 nitrogen and oxygen atoms in total. The molecule has 0 saturated carbocycles. The molecule has 130 valence electrons. The smallest absolute Gasteiger partial charge is 0.321 e.